The van der Waals surface area contributed by atoms with Crippen LogP contribution in [0.15, 0.2) is 42.5 Å². The van der Waals surface area contributed by atoms with Crippen LogP contribution in [0.5, 0.6) is 0 Å². The van der Waals surface area contributed by atoms with E-state index < -0.39 is 0 Å². The molecule has 0 atom stereocenters. The fourth-order valence-electron chi connectivity index (χ4n) is 2.70. The van der Waals surface area contributed by atoms with E-state index in [1.807, 2.05) is 12.1 Å². The predicted octanol–water partition coefficient (Wildman–Crippen LogP) is 5.96. The Morgan fingerprint density at radius 3 is 2.73 bits per heavy atom. The Bertz CT molecular complexity index is 858. The first-order valence-corrected chi connectivity index (χ1v) is 8.58. The molecule has 0 radical (unpaired) electrons. The van der Waals surface area contributed by atoms with Crippen LogP contribution in [0.4, 0.5) is 10.8 Å². The second kappa shape index (κ2) is 5.58. The van der Waals surface area contributed by atoms with Crippen molar-refractivity contribution in [3.8, 4) is 11.3 Å². The number of thiazole rings is 1. The molecule has 1 aliphatic carbocycles. The van der Waals surface area contributed by atoms with Crippen molar-refractivity contribution in [1.29, 1.82) is 0 Å². The molecule has 0 aliphatic heterocycles. The summed E-state index contributed by atoms with van der Waals surface area (Å²) >= 11 is 13.7. The van der Waals surface area contributed by atoms with E-state index in [1.165, 1.54) is 16.0 Å². The van der Waals surface area contributed by atoms with Gasteiger partial charge in [-0.05, 0) is 36.6 Å². The van der Waals surface area contributed by atoms with Crippen LogP contribution in [0.3, 0.4) is 0 Å². The quantitative estimate of drug-likeness (QED) is 0.619. The third kappa shape index (κ3) is 2.50. The predicted molar refractivity (Wildman–Crippen MR) is 94.7 cm³/mol. The van der Waals surface area contributed by atoms with E-state index in [1.54, 1.807) is 17.4 Å². The number of nitrogens with zero attached hydrogens (tertiary/aromatic N) is 1. The molecule has 0 bridgehead atoms. The highest BCUT2D eigenvalue weighted by Crippen LogP contribution is 2.39. The summed E-state index contributed by atoms with van der Waals surface area (Å²) < 4.78 is 0. The molecule has 22 heavy (non-hydrogen) atoms. The molecular weight excluding hydrogens is 335 g/mol. The van der Waals surface area contributed by atoms with Crippen molar-refractivity contribution >= 4 is 45.4 Å². The highest BCUT2D eigenvalue weighted by atomic mass is 35.5. The lowest BCUT2D eigenvalue weighted by atomic mass is 9.94. The number of nitrogens with one attached hydrogen (secondary N) is 1. The highest BCUT2D eigenvalue weighted by Gasteiger charge is 2.20. The van der Waals surface area contributed by atoms with Gasteiger partial charge in [-0.1, -0.05) is 47.5 Å². The van der Waals surface area contributed by atoms with Crippen molar-refractivity contribution in [3.05, 3.63) is 63.0 Å². The highest BCUT2D eigenvalue weighted by molar-refractivity contribution is 7.16. The van der Waals surface area contributed by atoms with Gasteiger partial charge in [-0.2, -0.15) is 0 Å². The van der Waals surface area contributed by atoms with Gasteiger partial charge in [0.1, 0.15) is 0 Å². The summed E-state index contributed by atoms with van der Waals surface area (Å²) in [4.78, 5) is 6.11. The molecule has 3 aromatic rings. The van der Waals surface area contributed by atoms with Crippen molar-refractivity contribution in [2.45, 2.75) is 12.8 Å². The minimum atomic E-state index is 0.540. The van der Waals surface area contributed by atoms with Crippen molar-refractivity contribution < 1.29 is 0 Å². The second-order valence-electron chi connectivity index (χ2n) is 5.20. The lowest BCUT2D eigenvalue weighted by molar-refractivity contribution is 0.955. The van der Waals surface area contributed by atoms with Crippen LogP contribution in [0.25, 0.3) is 11.3 Å². The third-order valence-electron chi connectivity index (χ3n) is 3.76. The van der Waals surface area contributed by atoms with Gasteiger partial charge in [0.25, 0.3) is 0 Å². The van der Waals surface area contributed by atoms with Gasteiger partial charge in [-0.15, -0.1) is 11.3 Å². The molecule has 0 saturated carbocycles. The molecule has 1 aromatic heterocycles. The van der Waals surface area contributed by atoms with E-state index >= 15 is 0 Å². The minimum absolute atomic E-state index is 0.540. The number of benzene rings is 2. The zero-order valence-electron chi connectivity index (χ0n) is 11.6. The maximum absolute atomic E-state index is 6.06. The van der Waals surface area contributed by atoms with Crippen molar-refractivity contribution in [3.63, 3.8) is 0 Å². The van der Waals surface area contributed by atoms with E-state index in [-0.39, 0.29) is 0 Å². The van der Waals surface area contributed by atoms with Crippen molar-refractivity contribution in [2.24, 2.45) is 0 Å². The van der Waals surface area contributed by atoms with E-state index in [9.17, 15) is 0 Å². The Hall–Kier alpha value is -1.55. The molecule has 0 spiro atoms. The third-order valence-corrected chi connectivity index (χ3v) is 5.53. The SMILES string of the molecule is Clc1ccc(Nc2nc3c(s2)CCc2ccccc2-3)cc1Cl. The summed E-state index contributed by atoms with van der Waals surface area (Å²) in [7, 11) is 0. The van der Waals surface area contributed by atoms with Crippen molar-refractivity contribution in [1.82, 2.24) is 4.98 Å². The van der Waals surface area contributed by atoms with Crippen LogP contribution in [0, 0.1) is 0 Å². The van der Waals surface area contributed by atoms with Gasteiger partial charge < -0.3 is 5.32 Å². The minimum Gasteiger partial charge on any atom is -0.331 e. The Morgan fingerprint density at radius 2 is 1.86 bits per heavy atom. The largest absolute Gasteiger partial charge is 0.331 e. The molecule has 5 heteroatoms. The lowest BCUT2D eigenvalue weighted by Gasteiger charge is -2.13. The van der Waals surface area contributed by atoms with E-state index in [4.69, 9.17) is 28.2 Å². The van der Waals surface area contributed by atoms with Gasteiger partial charge in [-0.3, -0.25) is 0 Å². The summed E-state index contributed by atoms with van der Waals surface area (Å²) in [5.74, 6) is 0. The van der Waals surface area contributed by atoms with Gasteiger partial charge in [-0.25, -0.2) is 4.98 Å². The van der Waals surface area contributed by atoms with Gasteiger partial charge in [0.05, 0.1) is 15.7 Å². The number of fused-ring (bicyclic) bond motifs is 3. The molecule has 2 aromatic carbocycles. The fourth-order valence-corrected chi connectivity index (χ4v) is 3.99. The summed E-state index contributed by atoms with van der Waals surface area (Å²) in [6, 6.07) is 14.0. The number of rotatable bonds is 2. The number of hydrogen-bond donors (Lipinski definition) is 1. The zero-order chi connectivity index (χ0) is 15.1. The van der Waals surface area contributed by atoms with Crippen LogP contribution < -0.4 is 5.32 Å². The number of anilines is 2. The number of halogens is 2. The standard InChI is InChI=1S/C17H12Cl2N2S/c18-13-7-6-11(9-14(13)19)20-17-21-16-12-4-2-1-3-10(12)5-8-15(16)22-17/h1-4,6-7,9H,5,8H2,(H,20,21). The summed E-state index contributed by atoms with van der Waals surface area (Å²) in [5.41, 5.74) is 4.63. The molecule has 4 rings (SSSR count). The van der Waals surface area contributed by atoms with E-state index in [2.05, 4.69) is 29.6 Å². The summed E-state index contributed by atoms with van der Waals surface area (Å²) in [5, 5.41) is 5.31. The van der Waals surface area contributed by atoms with E-state index in [0.717, 1.165) is 29.4 Å². The molecule has 1 aliphatic rings. The normalized spacial score (nSPS) is 12.6. The molecule has 0 amide bonds. The van der Waals surface area contributed by atoms with Crippen LogP contribution in [-0.4, -0.2) is 4.98 Å². The Balaban J connectivity index is 1.68. The Morgan fingerprint density at radius 1 is 1.00 bits per heavy atom. The Kier molecular flexibility index (Phi) is 3.57. The summed E-state index contributed by atoms with van der Waals surface area (Å²) in [6.45, 7) is 0. The monoisotopic (exact) mass is 346 g/mol. The molecular formula is C17H12Cl2N2S. The maximum atomic E-state index is 6.06. The molecule has 0 unspecified atom stereocenters. The number of aryl methyl sites for hydroxylation is 2. The molecule has 0 saturated heterocycles. The molecule has 110 valence electrons. The first-order valence-electron chi connectivity index (χ1n) is 7.01. The van der Waals surface area contributed by atoms with Crippen molar-refractivity contribution in [2.75, 3.05) is 5.32 Å². The molecule has 2 nitrogen and oxygen atoms in total. The number of aromatic nitrogens is 1. The second-order valence-corrected chi connectivity index (χ2v) is 7.10. The average Bonchev–Trinajstić information content (AvgIpc) is 2.94. The lowest BCUT2D eigenvalue weighted by Crippen LogP contribution is -2.01. The summed E-state index contributed by atoms with van der Waals surface area (Å²) in [6.07, 6.45) is 2.13. The van der Waals surface area contributed by atoms with Gasteiger partial charge >= 0.3 is 0 Å². The fraction of sp³-hybridized carbons (Fsp3) is 0.118. The van der Waals surface area contributed by atoms with E-state index in [0.29, 0.717) is 10.0 Å². The maximum Gasteiger partial charge on any atom is 0.187 e. The molecule has 1 N–H and O–H groups in total. The molecule has 1 heterocycles. The number of hydrogen-bond acceptors (Lipinski definition) is 3. The van der Waals surface area contributed by atoms with Gasteiger partial charge in [0, 0.05) is 16.1 Å². The first kappa shape index (κ1) is 14.1. The Labute approximate surface area is 142 Å². The average molecular weight is 347 g/mol. The first-order chi connectivity index (χ1) is 10.7. The van der Waals surface area contributed by atoms with Crippen LogP contribution >= 0.6 is 34.5 Å². The van der Waals surface area contributed by atoms with Crippen LogP contribution in [0.2, 0.25) is 10.0 Å². The smallest absolute Gasteiger partial charge is 0.187 e. The van der Waals surface area contributed by atoms with Crippen LogP contribution in [0.1, 0.15) is 10.4 Å². The van der Waals surface area contributed by atoms with Crippen LogP contribution in [-0.2, 0) is 12.8 Å². The topological polar surface area (TPSA) is 24.9 Å². The van der Waals surface area contributed by atoms with Gasteiger partial charge in [0.15, 0.2) is 5.13 Å². The van der Waals surface area contributed by atoms with Gasteiger partial charge in [0.2, 0.25) is 0 Å². The zero-order valence-corrected chi connectivity index (χ0v) is 13.9. The molecule has 0 fully saturated rings.